The van der Waals surface area contributed by atoms with Gasteiger partial charge >= 0.3 is 0 Å². The Balaban J connectivity index is 1.49. The van der Waals surface area contributed by atoms with Crippen molar-refractivity contribution in [1.29, 1.82) is 0 Å². The van der Waals surface area contributed by atoms with Crippen LogP contribution in [-0.4, -0.2) is 15.2 Å². The maximum atomic E-state index is 12.5. The molecule has 1 heterocycles. The predicted octanol–water partition coefficient (Wildman–Crippen LogP) is 4.01. The first kappa shape index (κ1) is 16.3. The fourth-order valence-electron chi connectivity index (χ4n) is 2.47. The normalized spacial score (nSPS) is 12.6. The Hall–Kier alpha value is -3.19. The van der Waals surface area contributed by atoms with Crippen LogP contribution < -0.4 is 18.9 Å². The smallest absolute Gasteiger partial charge is 0.262 e. The van der Waals surface area contributed by atoms with Crippen molar-refractivity contribution in [1.82, 2.24) is 0 Å². The van der Waals surface area contributed by atoms with E-state index in [1.807, 2.05) is 30.3 Å². The monoisotopic (exact) mass is 369 g/mol. The summed E-state index contributed by atoms with van der Waals surface area (Å²) in [6.45, 7) is 0.0924. The molecule has 0 aromatic heterocycles. The van der Waals surface area contributed by atoms with Gasteiger partial charge in [-0.2, -0.15) is 0 Å². The molecule has 3 aromatic carbocycles. The van der Waals surface area contributed by atoms with Gasteiger partial charge in [0, 0.05) is 11.8 Å². The first-order valence-electron chi connectivity index (χ1n) is 7.86. The van der Waals surface area contributed by atoms with Crippen LogP contribution in [0.2, 0.25) is 0 Å². The molecule has 0 bridgehead atoms. The maximum Gasteiger partial charge on any atom is 0.262 e. The molecule has 0 amide bonds. The third-order valence-electron chi connectivity index (χ3n) is 3.74. The molecule has 0 fully saturated rings. The van der Waals surface area contributed by atoms with Gasteiger partial charge in [0.05, 0.1) is 4.90 Å². The predicted molar refractivity (Wildman–Crippen MR) is 96.3 cm³/mol. The lowest BCUT2D eigenvalue weighted by molar-refractivity contribution is 0.174. The summed E-state index contributed by atoms with van der Waals surface area (Å²) >= 11 is 0. The quantitative estimate of drug-likeness (QED) is 0.736. The molecule has 1 aliphatic heterocycles. The van der Waals surface area contributed by atoms with Gasteiger partial charge in [-0.3, -0.25) is 4.72 Å². The highest BCUT2D eigenvalue weighted by molar-refractivity contribution is 7.92. The largest absolute Gasteiger partial charge is 0.457 e. The second-order valence-electron chi connectivity index (χ2n) is 5.56. The zero-order valence-electron chi connectivity index (χ0n) is 13.6. The molecule has 0 unspecified atom stereocenters. The van der Waals surface area contributed by atoms with Crippen LogP contribution in [0.1, 0.15) is 0 Å². The van der Waals surface area contributed by atoms with Crippen LogP contribution in [0.25, 0.3) is 0 Å². The fraction of sp³-hybridized carbons (Fsp3) is 0.0526. The molecule has 0 atom stereocenters. The van der Waals surface area contributed by atoms with Crippen molar-refractivity contribution < 1.29 is 22.6 Å². The molecule has 4 rings (SSSR count). The average Bonchev–Trinajstić information content (AvgIpc) is 3.12. The molecule has 7 heteroatoms. The van der Waals surface area contributed by atoms with Gasteiger partial charge in [-0.15, -0.1) is 0 Å². The molecule has 0 radical (unpaired) electrons. The summed E-state index contributed by atoms with van der Waals surface area (Å²) in [5.74, 6) is 2.27. The van der Waals surface area contributed by atoms with E-state index >= 15 is 0 Å². The molecule has 0 saturated carbocycles. The van der Waals surface area contributed by atoms with Crippen LogP contribution in [-0.2, 0) is 10.0 Å². The van der Waals surface area contributed by atoms with E-state index in [1.165, 1.54) is 12.1 Å². The Morgan fingerprint density at radius 2 is 1.50 bits per heavy atom. The third kappa shape index (κ3) is 3.43. The summed E-state index contributed by atoms with van der Waals surface area (Å²) in [5.41, 5.74) is 0.433. The second-order valence-corrected chi connectivity index (χ2v) is 7.24. The van der Waals surface area contributed by atoms with Crippen molar-refractivity contribution in [2.24, 2.45) is 0 Å². The van der Waals surface area contributed by atoms with Crippen molar-refractivity contribution in [2.45, 2.75) is 4.90 Å². The Labute approximate surface area is 151 Å². The molecule has 132 valence electrons. The lowest BCUT2D eigenvalue weighted by Crippen LogP contribution is -2.12. The number of para-hydroxylation sites is 1. The first-order chi connectivity index (χ1) is 12.6. The van der Waals surface area contributed by atoms with E-state index in [2.05, 4.69) is 4.72 Å². The van der Waals surface area contributed by atoms with E-state index < -0.39 is 10.0 Å². The van der Waals surface area contributed by atoms with E-state index in [4.69, 9.17) is 14.2 Å². The summed E-state index contributed by atoms with van der Waals surface area (Å²) in [6.07, 6.45) is 0. The molecular formula is C19H15NO5S. The SMILES string of the molecule is O=S(=O)(Nc1ccc(Oc2ccccc2)cc1)c1ccc2c(c1)OCO2. The Morgan fingerprint density at radius 1 is 0.808 bits per heavy atom. The molecule has 0 aliphatic carbocycles. The number of fused-ring (bicyclic) bond motifs is 1. The van der Waals surface area contributed by atoms with Gasteiger partial charge < -0.3 is 14.2 Å². The molecular weight excluding hydrogens is 354 g/mol. The van der Waals surface area contributed by atoms with E-state index in [1.54, 1.807) is 30.3 Å². The van der Waals surface area contributed by atoms with Crippen LogP contribution in [0.3, 0.4) is 0 Å². The summed E-state index contributed by atoms with van der Waals surface area (Å²) in [7, 11) is -3.73. The highest BCUT2D eigenvalue weighted by Crippen LogP contribution is 2.34. The number of nitrogens with one attached hydrogen (secondary N) is 1. The standard InChI is InChI=1S/C19H15NO5S/c21-26(22,17-10-11-18-19(12-17)24-13-23-18)20-14-6-8-16(9-7-14)25-15-4-2-1-3-5-15/h1-12,20H,13H2. The fourth-order valence-corrected chi connectivity index (χ4v) is 3.55. The topological polar surface area (TPSA) is 73.9 Å². The molecule has 1 N–H and O–H groups in total. The summed E-state index contributed by atoms with van der Waals surface area (Å²) in [4.78, 5) is 0.103. The highest BCUT2D eigenvalue weighted by Gasteiger charge is 2.20. The molecule has 3 aromatic rings. The van der Waals surface area contributed by atoms with Crippen molar-refractivity contribution in [3.05, 3.63) is 72.8 Å². The van der Waals surface area contributed by atoms with Gasteiger partial charge in [0.25, 0.3) is 10.0 Å². The van der Waals surface area contributed by atoms with Crippen molar-refractivity contribution in [3.63, 3.8) is 0 Å². The number of benzene rings is 3. The van der Waals surface area contributed by atoms with Gasteiger partial charge in [0.15, 0.2) is 11.5 Å². The first-order valence-corrected chi connectivity index (χ1v) is 9.34. The minimum atomic E-state index is -3.73. The van der Waals surface area contributed by atoms with Gasteiger partial charge in [0.2, 0.25) is 6.79 Å². The number of ether oxygens (including phenoxy) is 3. The van der Waals surface area contributed by atoms with Gasteiger partial charge in [-0.05, 0) is 48.5 Å². The van der Waals surface area contributed by atoms with Crippen LogP contribution in [0, 0.1) is 0 Å². The lowest BCUT2D eigenvalue weighted by Gasteiger charge is -2.10. The van der Waals surface area contributed by atoms with Crippen LogP contribution in [0.15, 0.2) is 77.7 Å². The van der Waals surface area contributed by atoms with Crippen molar-refractivity contribution >= 4 is 15.7 Å². The molecule has 1 aliphatic rings. The molecule has 6 nitrogen and oxygen atoms in total. The van der Waals surface area contributed by atoms with Crippen molar-refractivity contribution in [3.8, 4) is 23.0 Å². The van der Waals surface area contributed by atoms with Gasteiger partial charge in [-0.25, -0.2) is 8.42 Å². The van der Waals surface area contributed by atoms with E-state index in [0.29, 0.717) is 28.7 Å². The Kier molecular flexibility index (Phi) is 4.14. The maximum absolute atomic E-state index is 12.5. The molecule has 26 heavy (non-hydrogen) atoms. The number of anilines is 1. The van der Waals surface area contributed by atoms with Gasteiger partial charge in [-0.1, -0.05) is 18.2 Å². The van der Waals surface area contributed by atoms with E-state index in [0.717, 1.165) is 0 Å². The minimum Gasteiger partial charge on any atom is -0.457 e. The number of sulfonamides is 1. The van der Waals surface area contributed by atoms with Crippen LogP contribution in [0.5, 0.6) is 23.0 Å². The molecule has 0 spiro atoms. The average molecular weight is 369 g/mol. The highest BCUT2D eigenvalue weighted by atomic mass is 32.2. The zero-order chi connectivity index (χ0) is 18.0. The van der Waals surface area contributed by atoms with E-state index in [9.17, 15) is 8.42 Å². The summed E-state index contributed by atoms with van der Waals surface area (Å²) in [6, 6.07) is 20.5. The van der Waals surface area contributed by atoms with Crippen molar-refractivity contribution in [2.75, 3.05) is 11.5 Å². The van der Waals surface area contributed by atoms with Gasteiger partial charge in [0.1, 0.15) is 11.5 Å². The summed E-state index contributed by atoms with van der Waals surface area (Å²) in [5, 5.41) is 0. The lowest BCUT2D eigenvalue weighted by atomic mass is 10.3. The van der Waals surface area contributed by atoms with Crippen LogP contribution >= 0.6 is 0 Å². The Bertz CT molecular complexity index is 1020. The summed E-state index contributed by atoms with van der Waals surface area (Å²) < 4.78 is 43.7. The second kappa shape index (κ2) is 6.61. The molecule has 0 saturated heterocycles. The van der Waals surface area contributed by atoms with E-state index in [-0.39, 0.29) is 11.7 Å². The number of hydrogen-bond donors (Lipinski definition) is 1. The Morgan fingerprint density at radius 3 is 2.27 bits per heavy atom. The third-order valence-corrected chi connectivity index (χ3v) is 5.12. The number of rotatable bonds is 5. The minimum absolute atomic E-state index is 0.0924. The zero-order valence-corrected chi connectivity index (χ0v) is 14.4. The van der Waals surface area contributed by atoms with Crippen LogP contribution in [0.4, 0.5) is 5.69 Å². The number of hydrogen-bond acceptors (Lipinski definition) is 5.